The average molecular weight is 335 g/mol. The molecular formula is C14H17N5O3S. The maximum atomic E-state index is 12.3. The molecule has 1 saturated heterocycles. The number of rotatable bonds is 4. The van der Waals surface area contributed by atoms with E-state index in [1.165, 1.54) is 11.3 Å². The highest BCUT2D eigenvalue weighted by Crippen LogP contribution is 2.25. The lowest BCUT2D eigenvalue weighted by Crippen LogP contribution is -2.53. The van der Waals surface area contributed by atoms with Gasteiger partial charge < -0.3 is 26.1 Å². The van der Waals surface area contributed by atoms with Crippen LogP contribution < -0.4 is 16.4 Å². The predicted molar refractivity (Wildman–Crippen MR) is 86.3 cm³/mol. The molecule has 23 heavy (non-hydrogen) atoms. The molecule has 1 aliphatic rings. The number of carbonyl (C=O) groups is 2. The van der Waals surface area contributed by atoms with Crippen molar-refractivity contribution < 1.29 is 14.3 Å². The standard InChI is InChI=1S/C14H17N5O3S/c1-7-11(16-2-3-22-7)13(21)19-14-18-10(6-23-14)8-4-9(12(15)20)17-5-8/h4-7,11,16-17H,2-3H2,1H3,(H2,15,20)(H,18,19,21)/t7-,11+/m1/s1. The van der Waals surface area contributed by atoms with Crippen LogP contribution in [0.2, 0.25) is 0 Å². The maximum Gasteiger partial charge on any atom is 0.265 e. The van der Waals surface area contributed by atoms with Crippen molar-refractivity contribution in [2.75, 3.05) is 18.5 Å². The van der Waals surface area contributed by atoms with E-state index in [1.54, 1.807) is 17.6 Å². The van der Waals surface area contributed by atoms with Crippen LogP contribution in [0.15, 0.2) is 17.6 Å². The van der Waals surface area contributed by atoms with E-state index in [1.807, 2.05) is 6.92 Å². The highest BCUT2D eigenvalue weighted by Gasteiger charge is 2.28. The summed E-state index contributed by atoms with van der Waals surface area (Å²) >= 11 is 1.31. The molecule has 1 fully saturated rings. The van der Waals surface area contributed by atoms with Gasteiger partial charge in [-0.1, -0.05) is 0 Å². The number of morpholine rings is 1. The van der Waals surface area contributed by atoms with Gasteiger partial charge in [0.05, 0.1) is 18.4 Å². The zero-order chi connectivity index (χ0) is 16.4. The van der Waals surface area contributed by atoms with Gasteiger partial charge >= 0.3 is 0 Å². The van der Waals surface area contributed by atoms with Gasteiger partial charge in [-0.3, -0.25) is 9.59 Å². The zero-order valence-corrected chi connectivity index (χ0v) is 13.3. The van der Waals surface area contributed by atoms with Gasteiger partial charge in [0.15, 0.2) is 5.13 Å². The Balaban J connectivity index is 1.69. The Morgan fingerprint density at radius 1 is 1.52 bits per heavy atom. The monoisotopic (exact) mass is 335 g/mol. The SMILES string of the molecule is C[C@H]1OCCN[C@@H]1C(=O)Nc1nc(-c2c[nH]c(C(N)=O)c2)cs1. The first-order chi connectivity index (χ1) is 11.0. The number of nitrogens with zero attached hydrogens (tertiary/aromatic N) is 1. The molecule has 2 aromatic rings. The fourth-order valence-corrected chi connectivity index (χ4v) is 3.08. The number of hydrogen-bond acceptors (Lipinski definition) is 6. The van der Waals surface area contributed by atoms with Gasteiger partial charge in [0.1, 0.15) is 11.7 Å². The first kappa shape index (κ1) is 15.7. The Morgan fingerprint density at radius 3 is 3.04 bits per heavy atom. The lowest BCUT2D eigenvalue weighted by molar-refractivity contribution is -0.123. The second-order valence-corrected chi connectivity index (χ2v) is 6.06. The quantitative estimate of drug-likeness (QED) is 0.650. The third kappa shape index (κ3) is 3.41. The Kier molecular flexibility index (Phi) is 4.42. The molecule has 8 nitrogen and oxygen atoms in total. The van der Waals surface area contributed by atoms with E-state index >= 15 is 0 Å². The van der Waals surface area contributed by atoms with Crippen molar-refractivity contribution in [2.24, 2.45) is 5.73 Å². The van der Waals surface area contributed by atoms with Gasteiger partial charge in [0.25, 0.3) is 5.91 Å². The summed E-state index contributed by atoms with van der Waals surface area (Å²) in [7, 11) is 0. The maximum absolute atomic E-state index is 12.3. The average Bonchev–Trinajstić information content (AvgIpc) is 3.16. The fourth-order valence-electron chi connectivity index (χ4n) is 2.36. The predicted octanol–water partition coefficient (Wildman–Crippen LogP) is 0.552. The van der Waals surface area contributed by atoms with Crippen molar-refractivity contribution in [1.82, 2.24) is 15.3 Å². The first-order valence-corrected chi connectivity index (χ1v) is 8.02. The number of hydrogen-bond donors (Lipinski definition) is 4. The molecule has 2 aromatic heterocycles. The molecule has 5 N–H and O–H groups in total. The van der Waals surface area contributed by atoms with Gasteiger partial charge in [-0.05, 0) is 13.0 Å². The molecule has 0 bridgehead atoms. The van der Waals surface area contributed by atoms with Crippen molar-refractivity contribution in [2.45, 2.75) is 19.1 Å². The lowest BCUT2D eigenvalue weighted by atomic mass is 10.1. The van der Waals surface area contributed by atoms with Crippen LogP contribution in [0.3, 0.4) is 0 Å². The topological polar surface area (TPSA) is 122 Å². The summed E-state index contributed by atoms with van der Waals surface area (Å²) in [5, 5.41) is 8.21. The molecule has 1 aliphatic heterocycles. The molecule has 0 radical (unpaired) electrons. The van der Waals surface area contributed by atoms with E-state index in [9.17, 15) is 9.59 Å². The molecule has 0 unspecified atom stereocenters. The Morgan fingerprint density at radius 2 is 2.35 bits per heavy atom. The number of aromatic nitrogens is 2. The zero-order valence-electron chi connectivity index (χ0n) is 12.5. The summed E-state index contributed by atoms with van der Waals surface area (Å²) in [6, 6.07) is 1.23. The third-order valence-electron chi connectivity index (χ3n) is 3.58. The van der Waals surface area contributed by atoms with Crippen molar-refractivity contribution in [1.29, 1.82) is 0 Å². The summed E-state index contributed by atoms with van der Waals surface area (Å²) in [4.78, 5) is 30.5. The summed E-state index contributed by atoms with van der Waals surface area (Å²) < 4.78 is 5.46. The number of amides is 2. The third-order valence-corrected chi connectivity index (χ3v) is 4.34. The van der Waals surface area contributed by atoms with Crippen LogP contribution in [0.5, 0.6) is 0 Å². The molecule has 2 amide bonds. The second kappa shape index (κ2) is 6.49. The summed E-state index contributed by atoms with van der Waals surface area (Å²) in [5.41, 5.74) is 6.92. The summed E-state index contributed by atoms with van der Waals surface area (Å²) in [6.45, 7) is 3.10. The molecule has 3 heterocycles. The lowest BCUT2D eigenvalue weighted by Gasteiger charge is -2.28. The van der Waals surface area contributed by atoms with Gasteiger partial charge in [-0.2, -0.15) is 0 Å². The fraction of sp³-hybridized carbons (Fsp3) is 0.357. The molecule has 9 heteroatoms. The normalized spacial score (nSPS) is 21.1. The van der Waals surface area contributed by atoms with Crippen LogP contribution in [0.4, 0.5) is 5.13 Å². The van der Waals surface area contributed by atoms with Gasteiger partial charge in [0.2, 0.25) is 5.91 Å². The number of anilines is 1. The molecule has 2 atom stereocenters. The van der Waals surface area contributed by atoms with Gasteiger partial charge in [0, 0.05) is 23.7 Å². The van der Waals surface area contributed by atoms with Crippen LogP contribution >= 0.6 is 11.3 Å². The van der Waals surface area contributed by atoms with E-state index < -0.39 is 11.9 Å². The van der Waals surface area contributed by atoms with Crippen LogP contribution in [-0.2, 0) is 9.53 Å². The smallest absolute Gasteiger partial charge is 0.265 e. The first-order valence-electron chi connectivity index (χ1n) is 7.14. The van der Waals surface area contributed by atoms with E-state index in [2.05, 4.69) is 20.6 Å². The van der Waals surface area contributed by atoms with Crippen molar-refractivity contribution in [3.05, 3.63) is 23.3 Å². The van der Waals surface area contributed by atoms with Crippen molar-refractivity contribution in [3.63, 3.8) is 0 Å². The number of nitrogens with two attached hydrogens (primary N) is 1. The number of primary amides is 1. The van der Waals surface area contributed by atoms with E-state index in [0.717, 1.165) is 5.56 Å². The summed E-state index contributed by atoms with van der Waals surface area (Å²) in [6.07, 6.45) is 1.46. The van der Waals surface area contributed by atoms with E-state index in [4.69, 9.17) is 10.5 Å². The minimum absolute atomic E-state index is 0.176. The highest BCUT2D eigenvalue weighted by atomic mass is 32.1. The van der Waals surface area contributed by atoms with E-state index in [-0.39, 0.29) is 12.0 Å². The van der Waals surface area contributed by atoms with Crippen LogP contribution in [0.1, 0.15) is 17.4 Å². The molecule has 122 valence electrons. The van der Waals surface area contributed by atoms with Crippen LogP contribution in [-0.4, -0.2) is 47.1 Å². The minimum atomic E-state index is -0.530. The van der Waals surface area contributed by atoms with Crippen molar-refractivity contribution >= 4 is 28.3 Å². The minimum Gasteiger partial charge on any atom is -0.375 e. The van der Waals surface area contributed by atoms with Crippen LogP contribution in [0, 0.1) is 0 Å². The molecule has 3 rings (SSSR count). The van der Waals surface area contributed by atoms with Gasteiger partial charge in [-0.15, -0.1) is 11.3 Å². The number of H-pyrrole nitrogens is 1. The van der Waals surface area contributed by atoms with Crippen LogP contribution in [0.25, 0.3) is 11.3 Å². The van der Waals surface area contributed by atoms with Gasteiger partial charge in [-0.25, -0.2) is 4.98 Å². The summed E-state index contributed by atoms with van der Waals surface area (Å²) in [5.74, 6) is -0.706. The number of aromatic amines is 1. The largest absolute Gasteiger partial charge is 0.375 e. The molecule has 0 aliphatic carbocycles. The number of thiazole rings is 1. The Bertz CT molecular complexity index is 726. The van der Waals surface area contributed by atoms with E-state index in [0.29, 0.717) is 29.7 Å². The molecule has 0 spiro atoms. The molecule has 0 saturated carbocycles. The number of nitrogens with one attached hydrogen (secondary N) is 3. The number of carbonyl (C=O) groups excluding carboxylic acids is 2. The highest BCUT2D eigenvalue weighted by molar-refractivity contribution is 7.14. The number of ether oxygens (including phenoxy) is 1. The molecule has 0 aromatic carbocycles. The Hall–Kier alpha value is -2.23. The van der Waals surface area contributed by atoms with Crippen molar-refractivity contribution in [3.8, 4) is 11.3 Å². The second-order valence-electron chi connectivity index (χ2n) is 5.20. The Labute approximate surface area is 136 Å². The molecular weight excluding hydrogens is 318 g/mol.